The third kappa shape index (κ3) is 15.3. The van der Waals surface area contributed by atoms with E-state index in [0.717, 1.165) is 44.6 Å². The maximum Gasteiger partial charge on any atom is 0.289 e. The molecule has 0 aliphatic carbocycles. The van der Waals surface area contributed by atoms with Crippen molar-refractivity contribution in [2.45, 2.75) is 20.8 Å². The number of aromatic nitrogens is 9. The van der Waals surface area contributed by atoms with Gasteiger partial charge in [0.2, 0.25) is 0 Å². The summed E-state index contributed by atoms with van der Waals surface area (Å²) in [7, 11) is 0. The summed E-state index contributed by atoms with van der Waals surface area (Å²) in [6.07, 6.45) is 14.6. The highest BCUT2D eigenvalue weighted by atomic mass is 35.5. The summed E-state index contributed by atoms with van der Waals surface area (Å²) in [5.41, 5.74) is 18.9. The van der Waals surface area contributed by atoms with Crippen LogP contribution in [0.25, 0.3) is 33.8 Å². The second-order valence-corrected chi connectivity index (χ2v) is 15.5. The third-order valence-corrected chi connectivity index (χ3v) is 10.1. The van der Waals surface area contributed by atoms with Crippen LogP contribution in [0, 0.1) is 20.8 Å². The highest BCUT2D eigenvalue weighted by Crippen LogP contribution is 2.24. The van der Waals surface area contributed by atoms with E-state index in [4.69, 9.17) is 16.4 Å². The quantitative estimate of drug-likeness (QED) is 0.0506. The topological polar surface area (TPSA) is 266 Å². The van der Waals surface area contributed by atoms with Gasteiger partial charge >= 0.3 is 0 Å². The maximum absolute atomic E-state index is 12.2. The SMILES string of the molecule is C=O.Cc1ccc(-c2cc(C(=O)N/N=C/c3cccnc3)[nH]n2)cc1.Cc1ccc(-c2n[nH]c(C(=O)N/N=C/c3cccnc3)c2C)cc1.O=C(N/N=C/c1cccnc1)c1cc(-c2ccc(Cl)cc2)n[nH]1. The average Bonchev–Trinajstić information content (AvgIpc) is 4.21. The van der Waals surface area contributed by atoms with Gasteiger partial charge in [0, 0.05) is 81.1 Å². The predicted molar refractivity (Wildman–Crippen MR) is 276 cm³/mol. The van der Waals surface area contributed by atoms with E-state index < -0.39 is 0 Å². The number of hydrogen-bond acceptors (Lipinski definition) is 13. The molecule has 3 aromatic carbocycles. The average molecular weight is 980 g/mol. The van der Waals surface area contributed by atoms with Gasteiger partial charge in [-0.3, -0.25) is 44.6 Å². The number of hydrogen-bond donors (Lipinski definition) is 6. The number of nitrogens with one attached hydrogen (secondary N) is 6. The van der Waals surface area contributed by atoms with Gasteiger partial charge in [-0.15, -0.1) is 0 Å². The summed E-state index contributed by atoms with van der Waals surface area (Å²) in [5.74, 6) is -1.06. The minimum absolute atomic E-state index is 0.318. The lowest BCUT2D eigenvalue weighted by Crippen LogP contribution is -2.19. The Labute approximate surface area is 418 Å². The van der Waals surface area contributed by atoms with Crippen LogP contribution in [-0.4, -0.2) is 88.7 Å². The molecule has 0 unspecified atom stereocenters. The largest absolute Gasteiger partial charge is 0.307 e. The Morgan fingerprint density at radius 2 is 0.903 bits per heavy atom. The molecule has 6 aromatic heterocycles. The highest BCUT2D eigenvalue weighted by Gasteiger charge is 2.17. The van der Waals surface area contributed by atoms with Crippen molar-refractivity contribution in [3.8, 4) is 33.8 Å². The Hall–Kier alpha value is -9.88. The standard InChI is InChI=1S/C18H17N5O.C17H15N5O.C16H12ClN5O.CH2O/c1-12-5-7-15(8-6-12)16-13(2)17(22-21-16)18(24)23-20-11-14-4-3-9-19-10-14;1-12-4-6-14(7-5-12)15-9-16(21-20-15)17(23)22-19-11-13-3-2-8-18-10-13;17-13-5-3-12(4-6-13)14-8-15(21-20-14)16(23)22-19-10-11-2-1-7-18-9-11;1-2/h3-11H,1-2H3,(H,21,22)(H,23,24);2-11H,1H3,(H,20,21)(H,22,23);1-10H,(H,20,21)(H,22,23);1H2/b20-11+;19-11+;19-10+;. The molecular weight excluding hydrogens is 934 g/mol. The van der Waals surface area contributed by atoms with Crippen LogP contribution in [0.1, 0.15) is 64.8 Å². The first kappa shape index (κ1) is 51.5. The summed E-state index contributed by atoms with van der Waals surface area (Å²) in [6, 6.07) is 37.4. The third-order valence-electron chi connectivity index (χ3n) is 9.89. The van der Waals surface area contributed by atoms with Crippen LogP contribution >= 0.6 is 11.6 Å². The Kier molecular flexibility index (Phi) is 19.0. The van der Waals surface area contributed by atoms with Gasteiger partial charge in [-0.1, -0.05) is 102 Å². The van der Waals surface area contributed by atoms with Crippen molar-refractivity contribution < 1.29 is 19.2 Å². The molecule has 0 atom stereocenters. The minimum Gasteiger partial charge on any atom is -0.307 e. The van der Waals surface area contributed by atoms with Crippen molar-refractivity contribution in [1.29, 1.82) is 0 Å². The molecule has 360 valence electrons. The Morgan fingerprint density at radius 3 is 1.31 bits per heavy atom. The smallest absolute Gasteiger partial charge is 0.289 e. The monoisotopic (exact) mass is 979 g/mol. The van der Waals surface area contributed by atoms with E-state index in [1.165, 1.54) is 29.8 Å². The first-order valence-corrected chi connectivity index (χ1v) is 22.0. The fraction of sp³-hybridized carbons (Fsp3) is 0.0577. The summed E-state index contributed by atoms with van der Waals surface area (Å²) in [6.45, 7) is 7.91. The molecule has 0 bridgehead atoms. The Morgan fingerprint density at radius 1 is 0.514 bits per heavy atom. The second kappa shape index (κ2) is 26.6. The maximum atomic E-state index is 12.2. The van der Waals surface area contributed by atoms with Crippen molar-refractivity contribution in [2.75, 3.05) is 0 Å². The van der Waals surface area contributed by atoms with E-state index in [9.17, 15) is 14.4 Å². The Balaban J connectivity index is 0.000000173. The fourth-order valence-electron chi connectivity index (χ4n) is 6.16. The van der Waals surface area contributed by atoms with Crippen molar-refractivity contribution >= 4 is 54.8 Å². The first-order valence-electron chi connectivity index (χ1n) is 21.6. The Bertz CT molecular complexity index is 3090. The van der Waals surface area contributed by atoms with E-state index in [1.54, 1.807) is 79.6 Å². The van der Waals surface area contributed by atoms with Crippen molar-refractivity contribution in [1.82, 2.24) is 61.8 Å². The van der Waals surface area contributed by atoms with Crippen LogP contribution in [-0.2, 0) is 4.79 Å². The molecule has 9 rings (SSSR count). The molecule has 19 nitrogen and oxygen atoms in total. The van der Waals surface area contributed by atoms with E-state index in [1.807, 2.05) is 106 Å². The molecule has 0 fully saturated rings. The predicted octanol–water partition coefficient (Wildman–Crippen LogP) is 8.10. The van der Waals surface area contributed by atoms with Gasteiger partial charge in [0.1, 0.15) is 23.9 Å². The van der Waals surface area contributed by atoms with Crippen molar-refractivity contribution in [3.05, 3.63) is 214 Å². The van der Waals surface area contributed by atoms with Crippen LogP contribution in [0.5, 0.6) is 0 Å². The number of benzene rings is 3. The van der Waals surface area contributed by atoms with Crippen LogP contribution in [0.3, 0.4) is 0 Å². The zero-order valence-electron chi connectivity index (χ0n) is 39.0. The molecule has 0 aliphatic heterocycles. The summed E-state index contributed by atoms with van der Waals surface area (Å²) in [4.78, 5) is 56.2. The van der Waals surface area contributed by atoms with Gasteiger partial charge in [0.15, 0.2) is 0 Å². The molecule has 0 saturated carbocycles. The van der Waals surface area contributed by atoms with Crippen LogP contribution in [0.2, 0.25) is 5.02 Å². The molecule has 6 heterocycles. The number of amides is 3. The zero-order chi connectivity index (χ0) is 51.1. The molecule has 3 amide bonds. The van der Waals surface area contributed by atoms with Gasteiger partial charge < -0.3 is 4.79 Å². The number of nitrogens with zero attached hydrogens (tertiary/aromatic N) is 9. The molecule has 72 heavy (non-hydrogen) atoms. The van der Waals surface area contributed by atoms with Gasteiger partial charge in [-0.25, -0.2) is 16.3 Å². The van der Waals surface area contributed by atoms with Gasteiger partial charge in [-0.05, 0) is 63.2 Å². The molecule has 0 spiro atoms. The highest BCUT2D eigenvalue weighted by molar-refractivity contribution is 6.30. The van der Waals surface area contributed by atoms with Gasteiger partial charge in [0.25, 0.3) is 17.7 Å². The lowest BCUT2D eigenvalue weighted by Gasteiger charge is -2.01. The van der Waals surface area contributed by atoms with E-state index in [0.29, 0.717) is 33.5 Å². The summed E-state index contributed by atoms with van der Waals surface area (Å²) in [5, 5.41) is 33.1. The number of pyridine rings is 3. The first-order chi connectivity index (χ1) is 35.1. The second-order valence-electron chi connectivity index (χ2n) is 15.1. The van der Waals surface area contributed by atoms with Crippen molar-refractivity contribution in [2.24, 2.45) is 15.3 Å². The normalized spacial score (nSPS) is 10.6. The molecule has 0 aliphatic rings. The lowest BCUT2D eigenvalue weighted by molar-refractivity contribution is -0.0980. The van der Waals surface area contributed by atoms with Crippen LogP contribution in [0.15, 0.2) is 174 Å². The number of carbonyl (C=O) groups is 4. The lowest BCUT2D eigenvalue weighted by atomic mass is 10.1. The van der Waals surface area contributed by atoms with Crippen LogP contribution < -0.4 is 16.3 Å². The minimum atomic E-state index is -0.377. The molecule has 20 heteroatoms. The number of halogens is 1. The number of H-pyrrole nitrogens is 3. The molecule has 6 N–H and O–H groups in total. The fourth-order valence-corrected chi connectivity index (χ4v) is 6.28. The number of carbonyl (C=O) groups excluding carboxylic acids is 4. The van der Waals surface area contributed by atoms with Crippen molar-refractivity contribution in [3.63, 3.8) is 0 Å². The number of aryl methyl sites for hydroxylation is 2. The molecule has 9 aromatic rings. The van der Waals surface area contributed by atoms with Crippen LogP contribution in [0.4, 0.5) is 0 Å². The number of hydrazone groups is 3. The van der Waals surface area contributed by atoms with Gasteiger partial charge in [0.05, 0.1) is 35.7 Å². The number of rotatable bonds is 12. The molecular formula is C52H46ClN15O4. The molecule has 0 radical (unpaired) electrons. The summed E-state index contributed by atoms with van der Waals surface area (Å²) >= 11 is 5.85. The van der Waals surface area contributed by atoms with E-state index in [2.05, 4.69) is 77.1 Å². The molecule has 0 saturated heterocycles. The van der Waals surface area contributed by atoms with E-state index >= 15 is 0 Å². The summed E-state index contributed by atoms with van der Waals surface area (Å²) < 4.78 is 0. The zero-order valence-corrected chi connectivity index (χ0v) is 39.7. The number of aromatic amines is 3. The van der Waals surface area contributed by atoms with Gasteiger partial charge in [-0.2, -0.15) is 30.6 Å². The van der Waals surface area contributed by atoms with E-state index in [-0.39, 0.29) is 17.7 Å².